The molecule has 0 unspecified atom stereocenters. The summed E-state index contributed by atoms with van der Waals surface area (Å²) in [5, 5.41) is 30.2. The largest absolute Gasteiger partial charge is 0.481 e. The molecule has 0 fully saturated rings. The number of nitrogens with zero attached hydrogens (tertiary/aromatic N) is 2. The molecule has 1 aromatic carbocycles. The van der Waals surface area contributed by atoms with E-state index in [1.807, 2.05) is 0 Å². The summed E-state index contributed by atoms with van der Waals surface area (Å²) >= 11 is 0.574. The third-order valence-electron chi connectivity index (χ3n) is 2.18. The topological polar surface area (TPSA) is 141 Å². The van der Waals surface area contributed by atoms with Crippen LogP contribution < -0.4 is 0 Å². The Morgan fingerprint density at radius 1 is 1.25 bits per heavy atom. The molecule has 0 bridgehead atoms. The van der Waals surface area contributed by atoms with E-state index in [0.717, 1.165) is 13.0 Å². The Kier molecular flexibility index (Phi) is 4.75. The fraction of sp³-hybridized carbons (Fsp3) is 0.200. The van der Waals surface area contributed by atoms with Crippen LogP contribution >= 0.6 is 11.8 Å². The van der Waals surface area contributed by atoms with E-state index in [1.54, 1.807) is 0 Å². The Morgan fingerprint density at radius 3 is 2.25 bits per heavy atom. The Bertz CT molecular complexity index is 579. The van der Waals surface area contributed by atoms with E-state index in [1.165, 1.54) is 0 Å². The molecule has 106 valence electrons. The molecular weight excluding hydrogens is 292 g/mol. The van der Waals surface area contributed by atoms with Gasteiger partial charge in [0.05, 0.1) is 26.6 Å². The molecule has 10 heteroatoms. The lowest BCUT2D eigenvalue weighted by Crippen LogP contribution is -2.05. The van der Waals surface area contributed by atoms with Gasteiger partial charge < -0.3 is 5.11 Å². The van der Waals surface area contributed by atoms with Gasteiger partial charge in [-0.3, -0.25) is 29.8 Å². The number of hydrogen-bond acceptors (Lipinski definition) is 7. The first kappa shape index (κ1) is 15.6. The molecule has 1 N–H and O–H groups in total. The fourth-order valence-corrected chi connectivity index (χ4v) is 2.29. The maximum atomic E-state index is 11.5. The zero-order chi connectivity index (χ0) is 15.4. The second-order valence-electron chi connectivity index (χ2n) is 3.59. The van der Waals surface area contributed by atoms with E-state index in [2.05, 4.69) is 0 Å². The highest BCUT2D eigenvalue weighted by atomic mass is 32.2. The first-order valence-corrected chi connectivity index (χ1v) is 6.05. The number of rotatable bonds is 6. The summed E-state index contributed by atoms with van der Waals surface area (Å²) < 4.78 is 0. The molecule has 1 aromatic rings. The number of thioether (sulfide) groups is 1. The van der Waals surface area contributed by atoms with Crippen molar-refractivity contribution in [2.45, 2.75) is 11.8 Å². The summed E-state index contributed by atoms with van der Waals surface area (Å²) in [7, 11) is 0. The van der Waals surface area contributed by atoms with E-state index >= 15 is 0 Å². The summed E-state index contributed by atoms with van der Waals surface area (Å²) in [6.07, 6.45) is 0. The number of Topliss-reactive ketones (excluding diaryl/α,β-unsaturated/α-hetero) is 1. The number of carboxylic acid groups (broad SMARTS) is 1. The van der Waals surface area contributed by atoms with Crippen molar-refractivity contribution in [3.05, 3.63) is 37.9 Å². The summed E-state index contributed by atoms with van der Waals surface area (Å²) in [6.45, 7) is 1.09. The Labute approximate surface area is 115 Å². The third kappa shape index (κ3) is 3.51. The first-order chi connectivity index (χ1) is 9.23. The SMILES string of the molecule is CC(=O)c1cc([N+](=O)[O-])cc([N+](=O)[O-])c1SCC(=O)O. The van der Waals surface area contributed by atoms with E-state index in [9.17, 15) is 29.8 Å². The van der Waals surface area contributed by atoms with Crippen LogP contribution in [0.15, 0.2) is 17.0 Å². The van der Waals surface area contributed by atoms with Crippen LogP contribution in [-0.2, 0) is 4.79 Å². The lowest BCUT2D eigenvalue weighted by Gasteiger charge is -2.06. The monoisotopic (exact) mass is 300 g/mol. The number of nitro groups is 2. The first-order valence-electron chi connectivity index (χ1n) is 5.06. The Balaban J connectivity index is 3.50. The molecular formula is C10H8N2O7S. The molecule has 1 rings (SSSR count). The van der Waals surface area contributed by atoms with Crippen molar-refractivity contribution in [1.29, 1.82) is 0 Å². The average molecular weight is 300 g/mol. The summed E-state index contributed by atoms with van der Waals surface area (Å²) in [4.78, 5) is 41.7. The lowest BCUT2D eigenvalue weighted by atomic mass is 10.1. The predicted octanol–water partition coefficient (Wildman–Crippen LogP) is 1.88. The van der Waals surface area contributed by atoms with Crippen molar-refractivity contribution in [3.63, 3.8) is 0 Å². The second-order valence-corrected chi connectivity index (χ2v) is 4.58. The summed E-state index contributed by atoms with van der Waals surface area (Å²) in [5.74, 6) is -2.35. The molecule has 0 spiro atoms. The zero-order valence-electron chi connectivity index (χ0n) is 10.1. The second kappa shape index (κ2) is 6.10. The van der Waals surface area contributed by atoms with Crippen LogP contribution in [0.4, 0.5) is 11.4 Å². The highest BCUT2D eigenvalue weighted by Gasteiger charge is 2.26. The van der Waals surface area contributed by atoms with Crippen LogP contribution in [0.25, 0.3) is 0 Å². The maximum Gasteiger partial charge on any atom is 0.313 e. The molecule has 0 atom stereocenters. The van der Waals surface area contributed by atoms with Gasteiger partial charge in [-0.25, -0.2) is 0 Å². The standard InChI is InChI=1S/C10H8N2O7S/c1-5(13)7-2-6(11(16)17)3-8(12(18)19)10(7)20-4-9(14)15/h2-3H,4H2,1H3,(H,14,15). The molecule has 0 aliphatic carbocycles. The van der Waals surface area contributed by atoms with E-state index in [-0.39, 0.29) is 10.5 Å². The minimum atomic E-state index is -1.22. The molecule has 0 amide bonds. The lowest BCUT2D eigenvalue weighted by molar-refractivity contribution is -0.396. The summed E-state index contributed by atoms with van der Waals surface area (Å²) in [5.41, 5.74) is -1.49. The van der Waals surface area contributed by atoms with E-state index in [0.29, 0.717) is 17.8 Å². The molecule has 0 saturated carbocycles. The molecule has 20 heavy (non-hydrogen) atoms. The van der Waals surface area contributed by atoms with Gasteiger partial charge in [0.1, 0.15) is 0 Å². The van der Waals surface area contributed by atoms with Crippen LogP contribution in [-0.4, -0.2) is 32.5 Å². The predicted molar refractivity (Wildman–Crippen MR) is 68.1 cm³/mol. The molecule has 0 radical (unpaired) electrons. The van der Waals surface area contributed by atoms with Crippen LogP contribution in [0.3, 0.4) is 0 Å². The average Bonchev–Trinajstić information content (AvgIpc) is 2.34. The Morgan fingerprint density at radius 2 is 1.85 bits per heavy atom. The number of non-ortho nitro benzene ring substituents is 1. The summed E-state index contributed by atoms with van der Waals surface area (Å²) in [6, 6.07) is 1.61. The minimum Gasteiger partial charge on any atom is -0.481 e. The van der Waals surface area contributed by atoms with Crippen molar-refractivity contribution in [2.75, 3.05) is 5.75 Å². The number of hydrogen-bond donors (Lipinski definition) is 1. The Hall–Kier alpha value is -2.49. The van der Waals surface area contributed by atoms with Crippen molar-refractivity contribution >= 4 is 34.9 Å². The van der Waals surface area contributed by atoms with Crippen molar-refractivity contribution in [1.82, 2.24) is 0 Å². The number of benzene rings is 1. The van der Waals surface area contributed by atoms with Gasteiger partial charge >= 0.3 is 5.97 Å². The third-order valence-corrected chi connectivity index (χ3v) is 3.29. The number of carbonyl (C=O) groups is 2. The molecule has 0 aliphatic heterocycles. The molecule has 0 saturated heterocycles. The van der Waals surface area contributed by atoms with Crippen molar-refractivity contribution < 1.29 is 24.5 Å². The van der Waals surface area contributed by atoms with E-state index < -0.39 is 38.7 Å². The van der Waals surface area contributed by atoms with Gasteiger partial charge in [0.2, 0.25) is 0 Å². The van der Waals surface area contributed by atoms with Crippen LogP contribution in [0.2, 0.25) is 0 Å². The quantitative estimate of drug-likeness (QED) is 0.363. The number of carbonyl (C=O) groups excluding carboxylic acids is 1. The van der Waals surface area contributed by atoms with Crippen LogP contribution in [0, 0.1) is 20.2 Å². The van der Waals surface area contributed by atoms with Gasteiger partial charge in [-0.1, -0.05) is 0 Å². The smallest absolute Gasteiger partial charge is 0.313 e. The van der Waals surface area contributed by atoms with Crippen molar-refractivity contribution in [2.24, 2.45) is 0 Å². The van der Waals surface area contributed by atoms with Crippen LogP contribution in [0.5, 0.6) is 0 Å². The van der Waals surface area contributed by atoms with Gasteiger partial charge in [-0.05, 0) is 6.92 Å². The van der Waals surface area contributed by atoms with Gasteiger partial charge in [0.25, 0.3) is 11.4 Å². The van der Waals surface area contributed by atoms with Gasteiger partial charge in [0, 0.05) is 11.6 Å². The van der Waals surface area contributed by atoms with Gasteiger partial charge in [-0.15, -0.1) is 11.8 Å². The highest BCUT2D eigenvalue weighted by Crippen LogP contribution is 2.36. The molecule has 0 aliphatic rings. The highest BCUT2D eigenvalue weighted by molar-refractivity contribution is 8.00. The molecule has 9 nitrogen and oxygen atoms in total. The minimum absolute atomic E-state index is 0.185. The zero-order valence-corrected chi connectivity index (χ0v) is 10.9. The number of ketones is 1. The number of carboxylic acids is 1. The molecule has 0 heterocycles. The normalized spacial score (nSPS) is 10.1. The van der Waals surface area contributed by atoms with Crippen LogP contribution in [0.1, 0.15) is 17.3 Å². The number of aliphatic carboxylic acids is 1. The van der Waals surface area contributed by atoms with E-state index in [4.69, 9.17) is 5.11 Å². The number of nitro benzene ring substituents is 2. The van der Waals surface area contributed by atoms with Gasteiger partial charge in [0.15, 0.2) is 5.78 Å². The fourth-order valence-electron chi connectivity index (χ4n) is 1.39. The molecule has 0 aromatic heterocycles. The maximum absolute atomic E-state index is 11.5. The van der Waals surface area contributed by atoms with Gasteiger partial charge in [-0.2, -0.15) is 0 Å². The van der Waals surface area contributed by atoms with Crippen molar-refractivity contribution in [3.8, 4) is 0 Å².